The van der Waals surface area contributed by atoms with Crippen LogP contribution >= 0.6 is 0 Å². The quantitative estimate of drug-likeness (QED) is 0.765. The van der Waals surface area contributed by atoms with Crippen LogP contribution in [0.5, 0.6) is 5.75 Å². The monoisotopic (exact) mass is 373 g/mol. The highest BCUT2D eigenvalue weighted by Crippen LogP contribution is 2.19. The predicted octanol–water partition coefficient (Wildman–Crippen LogP) is 1.81. The maximum absolute atomic E-state index is 12.8. The van der Waals surface area contributed by atoms with Crippen LogP contribution in [0.3, 0.4) is 0 Å². The summed E-state index contributed by atoms with van der Waals surface area (Å²) in [5.74, 6) is 1.17. The number of rotatable bonds is 7. The first-order valence-corrected chi connectivity index (χ1v) is 10.1. The smallest absolute Gasteiger partial charge is 0.237 e. The molecule has 2 N–H and O–H groups in total. The average molecular weight is 373 g/mol. The third-order valence-electron chi connectivity index (χ3n) is 5.44. The van der Waals surface area contributed by atoms with E-state index in [9.17, 15) is 9.59 Å². The standard InChI is InChI=1S/C21H31N3O3/c1-16(15-27-18-8-3-2-4-9-18)21(26)24-12-6-7-17(14-24)13-23-20(25)19-10-5-11-22-19/h2-4,8-9,16-17,19,22H,5-7,10-15H2,1H3,(H,23,25). The Kier molecular flexibility index (Phi) is 7.10. The number of carbonyl (C=O) groups excluding carboxylic acids is 2. The molecule has 2 saturated heterocycles. The Hall–Kier alpha value is -2.08. The first-order chi connectivity index (χ1) is 13.1. The highest BCUT2D eigenvalue weighted by molar-refractivity contribution is 5.82. The van der Waals surface area contributed by atoms with Gasteiger partial charge in [0.25, 0.3) is 0 Å². The lowest BCUT2D eigenvalue weighted by Gasteiger charge is -2.34. The van der Waals surface area contributed by atoms with Gasteiger partial charge in [-0.15, -0.1) is 0 Å². The third-order valence-corrected chi connectivity index (χ3v) is 5.44. The number of hydrogen-bond donors (Lipinski definition) is 2. The van der Waals surface area contributed by atoms with Crippen LogP contribution in [0.25, 0.3) is 0 Å². The molecule has 2 aliphatic heterocycles. The van der Waals surface area contributed by atoms with E-state index in [0.717, 1.165) is 44.5 Å². The Labute approximate surface area is 161 Å². The number of carbonyl (C=O) groups is 2. The maximum atomic E-state index is 12.8. The molecule has 6 nitrogen and oxygen atoms in total. The molecule has 27 heavy (non-hydrogen) atoms. The fraction of sp³-hybridized carbons (Fsp3) is 0.619. The van der Waals surface area contributed by atoms with Gasteiger partial charge in [0.1, 0.15) is 5.75 Å². The molecule has 0 radical (unpaired) electrons. The Bertz CT molecular complexity index is 616. The molecule has 1 aromatic rings. The van der Waals surface area contributed by atoms with Crippen molar-refractivity contribution in [3.63, 3.8) is 0 Å². The van der Waals surface area contributed by atoms with Gasteiger partial charge in [-0.3, -0.25) is 9.59 Å². The highest BCUT2D eigenvalue weighted by atomic mass is 16.5. The first-order valence-electron chi connectivity index (χ1n) is 10.1. The lowest BCUT2D eigenvalue weighted by atomic mass is 9.96. The van der Waals surface area contributed by atoms with Crippen molar-refractivity contribution in [2.24, 2.45) is 11.8 Å². The Morgan fingerprint density at radius 2 is 2.07 bits per heavy atom. The number of piperidine rings is 1. The molecule has 0 spiro atoms. The molecule has 3 rings (SSSR count). The zero-order chi connectivity index (χ0) is 19.1. The topological polar surface area (TPSA) is 70.7 Å². The van der Waals surface area contributed by atoms with Gasteiger partial charge in [-0.05, 0) is 50.3 Å². The number of likely N-dealkylation sites (tertiary alicyclic amines) is 1. The molecule has 6 heteroatoms. The summed E-state index contributed by atoms with van der Waals surface area (Å²) < 4.78 is 5.73. The van der Waals surface area contributed by atoms with Crippen LogP contribution < -0.4 is 15.4 Å². The zero-order valence-corrected chi connectivity index (χ0v) is 16.2. The Balaban J connectivity index is 1.42. The molecular weight excluding hydrogens is 342 g/mol. The van der Waals surface area contributed by atoms with E-state index in [4.69, 9.17) is 4.74 Å². The second-order valence-electron chi connectivity index (χ2n) is 7.71. The van der Waals surface area contributed by atoms with Gasteiger partial charge in [0, 0.05) is 19.6 Å². The van der Waals surface area contributed by atoms with Crippen molar-refractivity contribution in [1.29, 1.82) is 0 Å². The van der Waals surface area contributed by atoms with Crippen molar-refractivity contribution in [3.8, 4) is 5.75 Å². The molecule has 2 aliphatic rings. The lowest BCUT2D eigenvalue weighted by molar-refractivity contribution is -0.137. The van der Waals surface area contributed by atoms with Crippen molar-refractivity contribution in [3.05, 3.63) is 30.3 Å². The largest absolute Gasteiger partial charge is 0.493 e. The second kappa shape index (κ2) is 9.74. The fourth-order valence-corrected chi connectivity index (χ4v) is 3.83. The lowest BCUT2D eigenvalue weighted by Crippen LogP contribution is -2.48. The van der Waals surface area contributed by atoms with Gasteiger partial charge in [-0.1, -0.05) is 25.1 Å². The van der Waals surface area contributed by atoms with Crippen molar-refractivity contribution < 1.29 is 14.3 Å². The van der Waals surface area contributed by atoms with Crippen molar-refractivity contribution in [2.45, 2.75) is 38.6 Å². The van der Waals surface area contributed by atoms with E-state index in [1.807, 2.05) is 42.2 Å². The molecule has 0 saturated carbocycles. The third kappa shape index (κ3) is 5.70. The summed E-state index contributed by atoms with van der Waals surface area (Å²) in [5, 5.41) is 6.29. The molecule has 0 aromatic heterocycles. The van der Waals surface area contributed by atoms with E-state index in [-0.39, 0.29) is 23.8 Å². The predicted molar refractivity (Wildman–Crippen MR) is 104 cm³/mol. The van der Waals surface area contributed by atoms with Crippen LogP contribution in [0.1, 0.15) is 32.6 Å². The van der Waals surface area contributed by atoms with Gasteiger partial charge in [-0.25, -0.2) is 0 Å². The molecule has 0 aliphatic carbocycles. The SMILES string of the molecule is CC(COc1ccccc1)C(=O)N1CCCC(CNC(=O)C2CCCN2)C1. The number of para-hydroxylation sites is 1. The summed E-state index contributed by atoms with van der Waals surface area (Å²) in [6, 6.07) is 9.54. The van der Waals surface area contributed by atoms with Gasteiger partial charge >= 0.3 is 0 Å². The number of nitrogens with zero attached hydrogens (tertiary/aromatic N) is 1. The normalized spacial score (nSPS) is 23.7. The number of benzene rings is 1. The van der Waals surface area contributed by atoms with E-state index < -0.39 is 0 Å². The molecule has 2 heterocycles. The van der Waals surface area contributed by atoms with Gasteiger partial charge in [0.05, 0.1) is 18.6 Å². The minimum atomic E-state index is -0.179. The molecule has 2 fully saturated rings. The Morgan fingerprint density at radius 1 is 1.26 bits per heavy atom. The molecular formula is C21H31N3O3. The summed E-state index contributed by atoms with van der Waals surface area (Å²) in [6.07, 6.45) is 4.02. The van der Waals surface area contributed by atoms with Crippen LogP contribution in [0.2, 0.25) is 0 Å². The molecule has 148 valence electrons. The van der Waals surface area contributed by atoms with Crippen molar-refractivity contribution >= 4 is 11.8 Å². The van der Waals surface area contributed by atoms with Gasteiger partial charge in [0.2, 0.25) is 11.8 Å². The minimum Gasteiger partial charge on any atom is -0.493 e. The first kappa shape index (κ1) is 19.7. The molecule has 3 atom stereocenters. The average Bonchev–Trinajstić information content (AvgIpc) is 3.25. The van der Waals surface area contributed by atoms with Crippen molar-refractivity contribution in [2.75, 3.05) is 32.8 Å². The summed E-state index contributed by atoms with van der Waals surface area (Å²) >= 11 is 0. The van der Waals surface area contributed by atoms with Crippen LogP contribution in [-0.4, -0.2) is 55.5 Å². The van der Waals surface area contributed by atoms with Crippen LogP contribution in [0.4, 0.5) is 0 Å². The summed E-state index contributed by atoms with van der Waals surface area (Å²) in [5.41, 5.74) is 0. The van der Waals surface area contributed by atoms with E-state index in [1.165, 1.54) is 0 Å². The van der Waals surface area contributed by atoms with E-state index >= 15 is 0 Å². The number of hydrogen-bond acceptors (Lipinski definition) is 4. The second-order valence-corrected chi connectivity index (χ2v) is 7.71. The van der Waals surface area contributed by atoms with Gasteiger partial charge in [-0.2, -0.15) is 0 Å². The van der Waals surface area contributed by atoms with E-state index in [1.54, 1.807) is 0 Å². The summed E-state index contributed by atoms with van der Waals surface area (Å²) in [4.78, 5) is 26.9. The fourth-order valence-electron chi connectivity index (χ4n) is 3.83. The van der Waals surface area contributed by atoms with Crippen molar-refractivity contribution in [1.82, 2.24) is 15.5 Å². The van der Waals surface area contributed by atoms with E-state index in [0.29, 0.717) is 25.6 Å². The van der Waals surface area contributed by atoms with Gasteiger partial charge < -0.3 is 20.3 Å². The molecule has 3 unspecified atom stereocenters. The molecule has 0 bridgehead atoms. The maximum Gasteiger partial charge on any atom is 0.237 e. The van der Waals surface area contributed by atoms with E-state index in [2.05, 4.69) is 10.6 Å². The van der Waals surface area contributed by atoms with Crippen LogP contribution in [0.15, 0.2) is 30.3 Å². The minimum absolute atomic E-state index is 0.0403. The highest BCUT2D eigenvalue weighted by Gasteiger charge is 2.28. The van der Waals surface area contributed by atoms with Crippen LogP contribution in [0, 0.1) is 11.8 Å². The molecule has 1 aromatic carbocycles. The zero-order valence-electron chi connectivity index (χ0n) is 16.2. The summed E-state index contributed by atoms with van der Waals surface area (Å²) in [7, 11) is 0. The number of ether oxygens (including phenoxy) is 1. The Morgan fingerprint density at radius 3 is 2.81 bits per heavy atom. The molecule has 2 amide bonds. The number of amides is 2. The summed E-state index contributed by atoms with van der Waals surface area (Å²) in [6.45, 7) is 5.38. The van der Waals surface area contributed by atoms with Crippen LogP contribution in [-0.2, 0) is 9.59 Å². The van der Waals surface area contributed by atoms with Gasteiger partial charge in [0.15, 0.2) is 0 Å². The number of nitrogens with one attached hydrogen (secondary N) is 2.